The first kappa shape index (κ1) is 17.5. The molecule has 122 valence electrons. The molecule has 0 heterocycles. The third-order valence-electron chi connectivity index (χ3n) is 3.57. The molecular formula is C18H21ClN2O2. The molecule has 2 rings (SSSR count). The van der Waals surface area contributed by atoms with Crippen LogP contribution in [-0.2, 0) is 6.54 Å². The van der Waals surface area contributed by atoms with Gasteiger partial charge in [0.15, 0.2) is 0 Å². The van der Waals surface area contributed by atoms with Crippen molar-refractivity contribution in [2.24, 2.45) is 0 Å². The number of benzene rings is 2. The summed E-state index contributed by atoms with van der Waals surface area (Å²) in [5.41, 5.74) is 2.52. The van der Waals surface area contributed by atoms with Crippen LogP contribution in [0.1, 0.15) is 27.5 Å². The third-order valence-corrected chi connectivity index (χ3v) is 3.83. The lowest BCUT2D eigenvalue weighted by Gasteiger charge is -2.23. The van der Waals surface area contributed by atoms with Gasteiger partial charge in [0.1, 0.15) is 0 Å². The van der Waals surface area contributed by atoms with Crippen molar-refractivity contribution in [2.45, 2.75) is 12.6 Å². The van der Waals surface area contributed by atoms with Gasteiger partial charge in [0.2, 0.25) is 0 Å². The topological polar surface area (TPSA) is 52.6 Å². The number of likely N-dealkylation sites (N-methyl/N-ethyl adjacent to an activating group) is 1. The predicted molar refractivity (Wildman–Crippen MR) is 93.0 cm³/mol. The fourth-order valence-corrected chi connectivity index (χ4v) is 2.48. The first-order valence-corrected chi connectivity index (χ1v) is 7.79. The van der Waals surface area contributed by atoms with Crippen LogP contribution in [0.3, 0.4) is 0 Å². The molecule has 0 aliphatic rings. The molecule has 0 fully saturated rings. The van der Waals surface area contributed by atoms with E-state index in [9.17, 15) is 4.79 Å². The van der Waals surface area contributed by atoms with Crippen molar-refractivity contribution in [1.29, 1.82) is 0 Å². The number of rotatable bonds is 7. The Hall–Kier alpha value is -1.88. The van der Waals surface area contributed by atoms with Crippen LogP contribution in [0.25, 0.3) is 0 Å². The lowest BCUT2D eigenvalue weighted by Crippen LogP contribution is -2.30. The van der Waals surface area contributed by atoms with E-state index in [0.29, 0.717) is 12.1 Å². The molecule has 1 unspecified atom stereocenters. The Morgan fingerprint density at radius 3 is 2.26 bits per heavy atom. The summed E-state index contributed by atoms with van der Waals surface area (Å²) in [5.74, 6) is -0.906. The van der Waals surface area contributed by atoms with Gasteiger partial charge in [-0.05, 0) is 49.5 Å². The van der Waals surface area contributed by atoms with E-state index in [4.69, 9.17) is 16.7 Å². The van der Waals surface area contributed by atoms with Crippen LogP contribution in [0.2, 0.25) is 5.02 Å². The molecule has 4 nitrogen and oxygen atoms in total. The minimum absolute atomic E-state index is 0.168. The third kappa shape index (κ3) is 5.36. The molecule has 0 amide bonds. The Labute approximate surface area is 141 Å². The van der Waals surface area contributed by atoms with Gasteiger partial charge in [-0.3, -0.25) is 0 Å². The van der Waals surface area contributed by atoms with Crippen LogP contribution in [0.4, 0.5) is 0 Å². The lowest BCUT2D eigenvalue weighted by atomic mass is 10.1. The van der Waals surface area contributed by atoms with Crippen LogP contribution in [-0.4, -0.2) is 36.6 Å². The van der Waals surface area contributed by atoms with Gasteiger partial charge in [-0.2, -0.15) is 0 Å². The summed E-state index contributed by atoms with van der Waals surface area (Å²) in [6, 6.07) is 14.9. The van der Waals surface area contributed by atoms with E-state index in [0.717, 1.165) is 17.1 Å². The number of aromatic carboxylic acids is 1. The highest BCUT2D eigenvalue weighted by molar-refractivity contribution is 6.30. The summed E-state index contributed by atoms with van der Waals surface area (Å²) in [7, 11) is 4.07. The number of halogens is 1. The van der Waals surface area contributed by atoms with Gasteiger partial charge >= 0.3 is 5.97 Å². The van der Waals surface area contributed by atoms with Crippen LogP contribution < -0.4 is 5.32 Å². The highest BCUT2D eigenvalue weighted by atomic mass is 35.5. The molecule has 0 saturated carbocycles. The molecule has 23 heavy (non-hydrogen) atoms. The fourth-order valence-electron chi connectivity index (χ4n) is 2.35. The largest absolute Gasteiger partial charge is 0.478 e. The van der Waals surface area contributed by atoms with Crippen LogP contribution in [0, 0.1) is 0 Å². The van der Waals surface area contributed by atoms with E-state index < -0.39 is 5.97 Å². The van der Waals surface area contributed by atoms with Gasteiger partial charge < -0.3 is 15.3 Å². The zero-order valence-corrected chi connectivity index (χ0v) is 14.0. The van der Waals surface area contributed by atoms with Gasteiger partial charge in [0.25, 0.3) is 0 Å². The number of hydrogen-bond donors (Lipinski definition) is 2. The molecule has 0 aliphatic heterocycles. The Morgan fingerprint density at radius 2 is 1.74 bits per heavy atom. The minimum atomic E-state index is -0.906. The number of carbonyl (C=O) groups is 1. The second kappa shape index (κ2) is 8.11. The maximum atomic E-state index is 10.9. The molecule has 2 N–H and O–H groups in total. The molecule has 2 aromatic carbocycles. The van der Waals surface area contributed by atoms with Gasteiger partial charge in [0, 0.05) is 24.2 Å². The summed E-state index contributed by atoms with van der Waals surface area (Å²) in [6.07, 6.45) is 0. The van der Waals surface area contributed by atoms with E-state index in [-0.39, 0.29) is 6.04 Å². The average molecular weight is 333 g/mol. The Balaban J connectivity index is 2.05. The molecule has 1 atom stereocenters. The van der Waals surface area contributed by atoms with Gasteiger partial charge in [-0.1, -0.05) is 35.9 Å². The normalized spacial score (nSPS) is 12.3. The molecule has 0 bridgehead atoms. The number of carboxylic acid groups (broad SMARTS) is 1. The van der Waals surface area contributed by atoms with Gasteiger partial charge in [0.05, 0.1) is 5.56 Å². The average Bonchev–Trinajstić information content (AvgIpc) is 2.52. The summed E-state index contributed by atoms with van der Waals surface area (Å²) in [4.78, 5) is 13.0. The maximum absolute atomic E-state index is 10.9. The highest BCUT2D eigenvalue weighted by Gasteiger charge is 2.12. The standard InChI is InChI=1S/C18H21ClN2O2/c1-21(2)12-17(14-7-9-16(19)10-8-14)20-11-13-3-5-15(6-4-13)18(22)23/h3-10,17,20H,11-12H2,1-2H3,(H,22,23). The summed E-state index contributed by atoms with van der Waals surface area (Å²) >= 11 is 5.96. The predicted octanol–water partition coefficient (Wildman–Crippen LogP) is 3.43. The van der Waals surface area contributed by atoms with Crippen molar-refractivity contribution in [1.82, 2.24) is 10.2 Å². The minimum Gasteiger partial charge on any atom is -0.478 e. The van der Waals surface area contributed by atoms with E-state index in [1.54, 1.807) is 12.1 Å². The summed E-state index contributed by atoms with van der Waals surface area (Å²) in [5, 5.41) is 13.2. The number of hydrogen-bond acceptors (Lipinski definition) is 3. The second-order valence-corrected chi connectivity index (χ2v) is 6.19. The van der Waals surface area contributed by atoms with Crippen LogP contribution >= 0.6 is 11.6 Å². The maximum Gasteiger partial charge on any atom is 0.335 e. The van der Waals surface area contributed by atoms with Gasteiger partial charge in [-0.25, -0.2) is 4.79 Å². The Morgan fingerprint density at radius 1 is 1.13 bits per heavy atom. The second-order valence-electron chi connectivity index (χ2n) is 5.75. The fraction of sp³-hybridized carbons (Fsp3) is 0.278. The van der Waals surface area contributed by atoms with Crippen molar-refractivity contribution in [3.8, 4) is 0 Å². The van der Waals surface area contributed by atoms with Crippen LogP contribution in [0.5, 0.6) is 0 Å². The molecule has 0 aliphatic carbocycles. The quantitative estimate of drug-likeness (QED) is 0.815. The molecule has 0 saturated heterocycles. The smallest absolute Gasteiger partial charge is 0.335 e. The molecule has 0 aromatic heterocycles. The zero-order valence-electron chi connectivity index (χ0n) is 13.3. The summed E-state index contributed by atoms with van der Waals surface area (Å²) < 4.78 is 0. The van der Waals surface area contributed by atoms with Crippen molar-refractivity contribution in [2.75, 3.05) is 20.6 Å². The van der Waals surface area contributed by atoms with E-state index >= 15 is 0 Å². The molecule has 0 radical (unpaired) electrons. The van der Waals surface area contributed by atoms with Crippen molar-refractivity contribution in [3.05, 3.63) is 70.2 Å². The lowest BCUT2D eigenvalue weighted by molar-refractivity contribution is 0.0697. The molecule has 0 spiro atoms. The van der Waals surface area contributed by atoms with E-state index in [1.165, 1.54) is 5.56 Å². The molecule has 5 heteroatoms. The van der Waals surface area contributed by atoms with Crippen LogP contribution in [0.15, 0.2) is 48.5 Å². The first-order valence-electron chi connectivity index (χ1n) is 7.41. The SMILES string of the molecule is CN(C)CC(NCc1ccc(C(=O)O)cc1)c1ccc(Cl)cc1. The van der Waals surface area contributed by atoms with Crippen molar-refractivity contribution < 1.29 is 9.90 Å². The summed E-state index contributed by atoms with van der Waals surface area (Å²) in [6.45, 7) is 1.52. The van der Waals surface area contributed by atoms with Crippen molar-refractivity contribution in [3.63, 3.8) is 0 Å². The molecular weight excluding hydrogens is 312 g/mol. The Bertz CT molecular complexity index is 639. The Kier molecular flexibility index (Phi) is 6.16. The number of carboxylic acids is 1. The van der Waals surface area contributed by atoms with E-state index in [1.807, 2.05) is 50.5 Å². The first-order chi connectivity index (χ1) is 11.0. The number of nitrogens with one attached hydrogen (secondary N) is 1. The van der Waals surface area contributed by atoms with Gasteiger partial charge in [-0.15, -0.1) is 0 Å². The molecule has 2 aromatic rings. The monoisotopic (exact) mass is 332 g/mol. The highest BCUT2D eigenvalue weighted by Crippen LogP contribution is 2.18. The zero-order chi connectivity index (χ0) is 16.8. The number of nitrogens with zero attached hydrogens (tertiary/aromatic N) is 1. The van der Waals surface area contributed by atoms with Crippen molar-refractivity contribution >= 4 is 17.6 Å². The van der Waals surface area contributed by atoms with E-state index in [2.05, 4.69) is 10.2 Å².